The Kier molecular flexibility index (Phi) is 5.93. The highest BCUT2D eigenvalue weighted by atomic mass is 35.5. The molecule has 1 aromatic carbocycles. The third kappa shape index (κ3) is 4.48. The van der Waals surface area contributed by atoms with E-state index in [0.717, 1.165) is 5.56 Å². The lowest BCUT2D eigenvalue weighted by atomic mass is 10.2. The van der Waals surface area contributed by atoms with Crippen molar-refractivity contribution in [3.63, 3.8) is 0 Å². The van der Waals surface area contributed by atoms with Crippen LogP contribution in [0.5, 0.6) is 0 Å². The molecule has 5 heteroatoms. The monoisotopic (exact) mass is 288 g/mol. The summed E-state index contributed by atoms with van der Waals surface area (Å²) >= 11 is 12.1. The van der Waals surface area contributed by atoms with Crippen LogP contribution in [0.15, 0.2) is 18.2 Å². The maximum Gasteiger partial charge on any atom is 0.237 e. The van der Waals surface area contributed by atoms with E-state index in [2.05, 4.69) is 10.6 Å². The number of carbonyl (C=O) groups is 1. The molecule has 0 saturated heterocycles. The Morgan fingerprint density at radius 1 is 1.22 bits per heavy atom. The van der Waals surface area contributed by atoms with Crippen molar-refractivity contribution in [1.82, 2.24) is 10.6 Å². The van der Waals surface area contributed by atoms with Crippen LogP contribution in [0.4, 0.5) is 0 Å². The van der Waals surface area contributed by atoms with E-state index in [-0.39, 0.29) is 18.0 Å². The molecule has 0 radical (unpaired) electrons. The number of rotatable bonds is 5. The molecule has 1 rings (SSSR count). The topological polar surface area (TPSA) is 41.1 Å². The van der Waals surface area contributed by atoms with Gasteiger partial charge in [-0.15, -0.1) is 0 Å². The Morgan fingerprint density at radius 2 is 1.78 bits per heavy atom. The number of halogens is 2. The first kappa shape index (κ1) is 15.3. The third-order valence-electron chi connectivity index (χ3n) is 2.47. The van der Waals surface area contributed by atoms with Crippen LogP contribution in [0.3, 0.4) is 0 Å². The van der Waals surface area contributed by atoms with Crippen LogP contribution in [0.1, 0.15) is 26.3 Å². The summed E-state index contributed by atoms with van der Waals surface area (Å²) in [7, 11) is 0. The Labute approximate surface area is 118 Å². The van der Waals surface area contributed by atoms with Gasteiger partial charge in [-0.1, -0.05) is 29.3 Å². The minimum atomic E-state index is -0.292. The molecule has 1 atom stereocenters. The molecule has 0 aliphatic rings. The minimum absolute atomic E-state index is 0.0341. The van der Waals surface area contributed by atoms with E-state index in [1.54, 1.807) is 18.2 Å². The molecule has 1 aromatic rings. The van der Waals surface area contributed by atoms with Crippen molar-refractivity contribution in [1.29, 1.82) is 0 Å². The number of hydrogen-bond donors (Lipinski definition) is 2. The summed E-state index contributed by atoms with van der Waals surface area (Å²) in [6.45, 7) is 6.12. The molecule has 1 amide bonds. The molecule has 18 heavy (non-hydrogen) atoms. The smallest absolute Gasteiger partial charge is 0.237 e. The quantitative estimate of drug-likeness (QED) is 0.875. The van der Waals surface area contributed by atoms with Crippen molar-refractivity contribution < 1.29 is 4.79 Å². The Morgan fingerprint density at radius 3 is 2.28 bits per heavy atom. The lowest BCUT2D eigenvalue weighted by molar-refractivity contribution is -0.123. The summed E-state index contributed by atoms with van der Waals surface area (Å²) in [5.74, 6) is -0.0341. The maximum absolute atomic E-state index is 11.7. The summed E-state index contributed by atoms with van der Waals surface area (Å²) in [5, 5.41) is 7.15. The van der Waals surface area contributed by atoms with Gasteiger partial charge in [-0.3, -0.25) is 4.79 Å². The molecule has 0 bridgehead atoms. The zero-order valence-electron chi connectivity index (χ0n) is 10.8. The second-order valence-electron chi connectivity index (χ2n) is 4.47. The molecule has 1 unspecified atom stereocenters. The molecule has 0 fully saturated rings. The normalized spacial score (nSPS) is 12.6. The van der Waals surface area contributed by atoms with Gasteiger partial charge in [0.2, 0.25) is 5.91 Å². The van der Waals surface area contributed by atoms with Crippen molar-refractivity contribution in [3.8, 4) is 0 Å². The lowest BCUT2D eigenvalue weighted by Gasteiger charge is -2.16. The van der Waals surface area contributed by atoms with Crippen molar-refractivity contribution in [2.45, 2.75) is 39.4 Å². The van der Waals surface area contributed by atoms with Gasteiger partial charge in [-0.05, 0) is 32.9 Å². The number of benzene rings is 1. The van der Waals surface area contributed by atoms with Gasteiger partial charge in [0.05, 0.1) is 6.04 Å². The average molecular weight is 289 g/mol. The van der Waals surface area contributed by atoms with Crippen LogP contribution in [-0.2, 0) is 11.3 Å². The zero-order chi connectivity index (χ0) is 13.7. The number of nitrogens with one attached hydrogen (secondary N) is 2. The molecule has 0 aliphatic heterocycles. The molecule has 0 aromatic heterocycles. The number of carbonyl (C=O) groups excluding carboxylic acids is 1. The number of hydrogen-bond acceptors (Lipinski definition) is 2. The first-order valence-electron chi connectivity index (χ1n) is 5.88. The first-order valence-corrected chi connectivity index (χ1v) is 6.64. The van der Waals surface area contributed by atoms with Crippen molar-refractivity contribution in [2.24, 2.45) is 0 Å². The van der Waals surface area contributed by atoms with Crippen LogP contribution in [0.2, 0.25) is 10.0 Å². The van der Waals surface area contributed by atoms with Crippen LogP contribution >= 0.6 is 23.2 Å². The third-order valence-corrected chi connectivity index (χ3v) is 3.18. The van der Waals surface area contributed by atoms with Gasteiger partial charge in [-0.2, -0.15) is 0 Å². The van der Waals surface area contributed by atoms with E-state index < -0.39 is 0 Å². The maximum atomic E-state index is 11.7. The van der Waals surface area contributed by atoms with Crippen molar-refractivity contribution in [3.05, 3.63) is 33.8 Å². The minimum Gasteiger partial charge on any atom is -0.353 e. The van der Waals surface area contributed by atoms with E-state index >= 15 is 0 Å². The summed E-state index contributed by atoms with van der Waals surface area (Å²) in [6, 6.07) is 5.20. The van der Waals surface area contributed by atoms with E-state index in [9.17, 15) is 4.79 Å². The Hall–Kier alpha value is -0.770. The molecular weight excluding hydrogens is 271 g/mol. The highest BCUT2D eigenvalue weighted by Gasteiger charge is 2.14. The molecule has 2 N–H and O–H groups in total. The van der Waals surface area contributed by atoms with Gasteiger partial charge in [0.15, 0.2) is 0 Å². The predicted octanol–water partition coefficient (Wildman–Crippen LogP) is 3.00. The highest BCUT2D eigenvalue weighted by molar-refractivity contribution is 6.35. The number of amides is 1. The molecule has 100 valence electrons. The SMILES string of the molecule is CC(C)NC(=O)C(C)NCc1c(Cl)cccc1Cl. The largest absolute Gasteiger partial charge is 0.353 e. The zero-order valence-corrected chi connectivity index (χ0v) is 12.3. The van der Waals surface area contributed by atoms with Crippen molar-refractivity contribution in [2.75, 3.05) is 0 Å². The molecule has 0 spiro atoms. The second-order valence-corrected chi connectivity index (χ2v) is 5.28. The van der Waals surface area contributed by atoms with Gasteiger partial charge >= 0.3 is 0 Å². The first-order chi connectivity index (χ1) is 8.41. The van der Waals surface area contributed by atoms with Crippen LogP contribution in [-0.4, -0.2) is 18.0 Å². The average Bonchev–Trinajstić information content (AvgIpc) is 2.27. The van der Waals surface area contributed by atoms with E-state index in [4.69, 9.17) is 23.2 Å². The summed E-state index contributed by atoms with van der Waals surface area (Å²) < 4.78 is 0. The van der Waals surface area contributed by atoms with Gasteiger partial charge in [0, 0.05) is 28.2 Å². The summed E-state index contributed by atoms with van der Waals surface area (Å²) in [4.78, 5) is 11.7. The van der Waals surface area contributed by atoms with Gasteiger partial charge in [0.25, 0.3) is 0 Å². The van der Waals surface area contributed by atoms with Gasteiger partial charge in [-0.25, -0.2) is 0 Å². The fraction of sp³-hybridized carbons (Fsp3) is 0.462. The Balaban J connectivity index is 2.57. The Bertz CT molecular complexity index is 401. The summed E-state index contributed by atoms with van der Waals surface area (Å²) in [5.41, 5.74) is 0.810. The van der Waals surface area contributed by atoms with E-state index in [0.29, 0.717) is 16.6 Å². The molecular formula is C13H18Cl2N2O. The molecule has 0 aliphatic carbocycles. The lowest BCUT2D eigenvalue weighted by Crippen LogP contribution is -2.44. The summed E-state index contributed by atoms with van der Waals surface area (Å²) in [6.07, 6.45) is 0. The highest BCUT2D eigenvalue weighted by Crippen LogP contribution is 2.23. The van der Waals surface area contributed by atoms with Crippen molar-refractivity contribution >= 4 is 29.1 Å². The standard InChI is InChI=1S/C13H18Cl2N2O/c1-8(2)17-13(18)9(3)16-7-10-11(14)5-4-6-12(10)15/h4-6,8-9,16H,7H2,1-3H3,(H,17,18). The van der Waals surface area contributed by atoms with Crippen LogP contribution in [0.25, 0.3) is 0 Å². The fourth-order valence-corrected chi connectivity index (χ4v) is 1.99. The second kappa shape index (κ2) is 6.98. The predicted molar refractivity (Wildman–Crippen MR) is 76.0 cm³/mol. The van der Waals surface area contributed by atoms with Crippen LogP contribution < -0.4 is 10.6 Å². The van der Waals surface area contributed by atoms with Gasteiger partial charge < -0.3 is 10.6 Å². The van der Waals surface area contributed by atoms with E-state index in [1.807, 2.05) is 20.8 Å². The van der Waals surface area contributed by atoms with Crippen LogP contribution in [0, 0.1) is 0 Å². The van der Waals surface area contributed by atoms with Gasteiger partial charge in [0.1, 0.15) is 0 Å². The molecule has 0 saturated carbocycles. The fourth-order valence-electron chi connectivity index (χ4n) is 1.46. The molecule has 0 heterocycles. The van der Waals surface area contributed by atoms with E-state index in [1.165, 1.54) is 0 Å². The molecule has 3 nitrogen and oxygen atoms in total.